The van der Waals surface area contributed by atoms with Crippen molar-refractivity contribution in [2.24, 2.45) is 5.10 Å². The number of ether oxygens (including phenoxy) is 1. The first kappa shape index (κ1) is 15.5. The molecule has 0 aliphatic rings. The Kier molecular flexibility index (Phi) is 5.11. The number of nitrogens with zero attached hydrogens (tertiary/aromatic N) is 2. The van der Waals surface area contributed by atoms with Gasteiger partial charge in [-0.05, 0) is 42.0 Å². The Bertz CT molecular complexity index is 779. The first-order valence-electron chi connectivity index (χ1n) is 6.31. The predicted molar refractivity (Wildman–Crippen MR) is 81.9 cm³/mol. The van der Waals surface area contributed by atoms with E-state index in [1.54, 1.807) is 42.5 Å². The van der Waals surface area contributed by atoms with Crippen LogP contribution in [0.3, 0.4) is 0 Å². The molecule has 0 bridgehead atoms. The van der Waals surface area contributed by atoms with Crippen LogP contribution in [-0.4, -0.2) is 21.2 Å². The minimum Gasteiger partial charge on any atom is -0.479 e. The van der Waals surface area contributed by atoms with Crippen molar-refractivity contribution in [2.45, 2.75) is 4.90 Å². The van der Waals surface area contributed by atoms with E-state index in [2.05, 4.69) is 9.93 Å². The Labute approximate surface area is 128 Å². The summed E-state index contributed by atoms with van der Waals surface area (Å²) < 4.78 is 28.9. The van der Waals surface area contributed by atoms with Crippen LogP contribution >= 0.6 is 0 Å². The summed E-state index contributed by atoms with van der Waals surface area (Å²) in [5, 5.41) is 12.1. The highest BCUT2D eigenvalue weighted by Crippen LogP contribution is 2.11. The van der Waals surface area contributed by atoms with Gasteiger partial charge in [0, 0.05) is 0 Å². The van der Waals surface area contributed by atoms with Crippen LogP contribution in [-0.2, 0) is 10.0 Å². The molecule has 0 radical (unpaired) electrons. The molecule has 0 saturated carbocycles. The number of hydrazone groups is 1. The number of hydrogen-bond acceptors (Lipinski definition) is 5. The predicted octanol–water partition coefficient (Wildman–Crippen LogP) is 1.90. The number of hydrogen-bond donors (Lipinski definition) is 1. The molecular formula is C15H13N3O3S. The van der Waals surface area contributed by atoms with Gasteiger partial charge in [0.2, 0.25) is 0 Å². The molecule has 0 fully saturated rings. The van der Waals surface area contributed by atoms with E-state index in [0.29, 0.717) is 11.3 Å². The molecule has 0 aliphatic heterocycles. The number of benzene rings is 2. The van der Waals surface area contributed by atoms with E-state index in [4.69, 9.17) is 10.00 Å². The van der Waals surface area contributed by atoms with Gasteiger partial charge in [0.25, 0.3) is 10.0 Å². The zero-order valence-corrected chi connectivity index (χ0v) is 12.3. The molecule has 6 nitrogen and oxygen atoms in total. The smallest absolute Gasteiger partial charge is 0.276 e. The van der Waals surface area contributed by atoms with Crippen molar-refractivity contribution in [1.82, 2.24) is 4.83 Å². The second-order valence-electron chi connectivity index (χ2n) is 4.18. The van der Waals surface area contributed by atoms with Crippen molar-refractivity contribution >= 4 is 16.2 Å². The van der Waals surface area contributed by atoms with Gasteiger partial charge >= 0.3 is 0 Å². The lowest BCUT2D eigenvalue weighted by molar-refractivity contribution is 0.368. The molecule has 112 valence electrons. The summed E-state index contributed by atoms with van der Waals surface area (Å²) in [7, 11) is -3.66. The zero-order chi connectivity index (χ0) is 15.8. The molecule has 0 spiro atoms. The van der Waals surface area contributed by atoms with Gasteiger partial charge in [0.05, 0.1) is 11.1 Å². The molecule has 2 rings (SSSR count). The maximum absolute atomic E-state index is 11.9. The highest BCUT2D eigenvalue weighted by Gasteiger charge is 2.10. The molecule has 0 aromatic heterocycles. The van der Waals surface area contributed by atoms with E-state index in [0.717, 1.165) is 0 Å². The summed E-state index contributed by atoms with van der Waals surface area (Å²) in [4.78, 5) is 2.29. The molecular weight excluding hydrogens is 302 g/mol. The van der Waals surface area contributed by atoms with Gasteiger partial charge in [-0.15, -0.1) is 0 Å². The molecule has 0 saturated heterocycles. The molecule has 0 unspecified atom stereocenters. The van der Waals surface area contributed by atoms with Gasteiger partial charge in [-0.1, -0.05) is 18.2 Å². The van der Waals surface area contributed by atoms with Gasteiger partial charge < -0.3 is 4.74 Å². The van der Waals surface area contributed by atoms with Gasteiger partial charge in [0.15, 0.2) is 6.61 Å². The lowest BCUT2D eigenvalue weighted by Gasteiger charge is -2.03. The zero-order valence-electron chi connectivity index (χ0n) is 11.5. The molecule has 7 heteroatoms. The second kappa shape index (κ2) is 7.24. The van der Waals surface area contributed by atoms with Gasteiger partial charge in [0.1, 0.15) is 11.8 Å². The van der Waals surface area contributed by atoms with Crippen molar-refractivity contribution in [3.05, 3.63) is 60.2 Å². The Balaban J connectivity index is 1.99. The summed E-state index contributed by atoms with van der Waals surface area (Å²) in [6, 6.07) is 16.6. The van der Waals surface area contributed by atoms with E-state index in [1.165, 1.54) is 18.3 Å². The van der Waals surface area contributed by atoms with Crippen LogP contribution in [0.1, 0.15) is 5.56 Å². The molecule has 2 aromatic rings. The SMILES string of the molecule is N#CCOc1ccc(/C=N\NS(=O)(=O)c2ccccc2)cc1. The highest BCUT2D eigenvalue weighted by molar-refractivity contribution is 7.89. The van der Waals surface area contributed by atoms with Crippen LogP contribution in [0, 0.1) is 11.3 Å². The summed E-state index contributed by atoms with van der Waals surface area (Å²) in [6.07, 6.45) is 1.38. The quantitative estimate of drug-likeness (QED) is 0.651. The summed E-state index contributed by atoms with van der Waals surface area (Å²) >= 11 is 0. The number of sulfonamides is 1. The first-order chi connectivity index (χ1) is 10.6. The molecule has 0 amide bonds. The Morgan fingerprint density at radius 1 is 1.14 bits per heavy atom. The topological polar surface area (TPSA) is 91.5 Å². The highest BCUT2D eigenvalue weighted by atomic mass is 32.2. The van der Waals surface area contributed by atoms with Gasteiger partial charge in [-0.2, -0.15) is 18.8 Å². The fourth-order valence-corrected chi connectivity index (χ4v) is 2.40. The van der Waals surface area contributed by atoms with Crippen molar-refractivity contribution in [3.63, 3.8) is 0 Å². The van der Waals surface area contributed by atoms with Crippen LogP contribution in [0.15, 0.2) is 64.6 Å². The average Bonchev–Trinajstić information content (AvgIpc) is 2.55. The number of nitriles is 1. The minimum atomic E-state index is -3.66. The van der Waals surface area contributed by atoms with E-state index in [1.807, 2.05) is 6.07 Å². The van der Waals surface area contributed by atoms with Crippen molar-refractivity contribution in [1.29, 1.82) is 5.26 Å². The second-order valence-corrected chi connectivity index (χ2v) is 5.84. The molecule has 1 N–H and O–H groups in total. The van der Waals surface area contributed by atoms with Crippen LogP contribution in [0.5, 0.6) is 5.75 Å². The van der Waals surface area contributed by atoms with Gasteiger partial charge in [-0.25, -0.2) is 4.83 Å². The Morgan fingerprint density at radius 2 is 1.82 bits per heavy atom. The Morgan fingerprint density at radius 3 is 2.45 bits per heavy atom. The normalized spacial score (nSPS) is 11.0. The maximum Gasteiger partial charge on any atom is 0.276 e. The van der Waals surface area contributed by atoms with E-state index in [9.17, 15) is 8.42 Å². The first-order valence-corrected chi connectivity index (χ1v) is 7.80. The van der Waals surface area contributed by atoms with Crippen LogP contribution in [0.2, 0.25) is 0 Å². The summed E-state index contributed by atoms with van der Waals surface area (Å²) in [5.74, 6) is 0.559. The van der Waals surface area contributed by atoms with E-state index in [-0.39, 0.29) is 11.5 Å². The average molecular weight is 315 g/mol. The largest absolute Gasteiger partial charge is 0.479 e. The fraction of sp³-hybridized carbons (Fsp3) is 0.0667. The third-order valence-corrected chi connectivity index (χ3v) is 3.86. The summed E-state index contributed by atoms with van der Waals surface area (Å²) in [5.41, 5.74) is 0.695. The van der Waals surface area contributed by atoms with Crippen LogP contribution < -0.4 is 9.57 Å². The lowest BCUT2D eigenvalue weighted by Crippen LogP contribution is -2.18. The molecule has 0 aliphatic carbocycles. The van der Waals surface area contributed by atoms with Crippen molar-refractivity contribution < 1.29 is 13.2 Å². The third-order valence-electron chi connectivity index (χ3n) is 2.62. The molecule has 2 aromatic carbocycles. The Hall–Kier alpha value is -2.85. The number of nitrogens with one attached hydrogen (secondary N) is 1. The molecule has 22 heavy (non-hydrogen) atoms. The van der Waals surface area contributed by atoms with Crippen LogP contribution in [0.4, 0.5) is 0 Å². The number of rotatable bonds is 6. The monoisotopic (exact) mass is 315 g/mol. The van der Waals surface area contributed by atoms with Gasteiger partial charge in [-0.3, -0.25) is 0 Å². The molecule has 0 atom stereocenters. The van der Waals surface area contributed by atoms with E-state index >= 15 is 0 Å². The van der Waals surface area contributed by atoms with Crippen LogP contribution in [0.25, 0.3) is 0 Å². The van der Waals surface area contributed by atoms with Crippen molar-refractivity contribution in [3.8, 4) is 11.8 Å². The maximum atomic E-state index is 11.9. The van der Waals surface area contributed by atoms with E-state index < -0.39 is 10.0 Å². The fourth-order valence-electron chi connectivity index (χ4n) is 1.59. The lowest BCUT2D eigenvalue weighted by atomic mass is 10.2. The molecule has 0 heterocycles. The standard InChI is InChI=1S/C15H13N3O3S/c16-10-11-21-14-8-6-13(7-9-14)12-17-18-22(19,20)15-4-2-1-3-5-15/h1-9,12,18H,11H2/b17-12-. The summed E-state index contributed by atoms with van der Waals surface area (Å²) in [6.45, 7) is -0.0235. The minimum absolute atomic E-state index is 0.0235. The third kappa shape index (κ3) is 4.33. The van der Waals surface area contributed by atoms with Crippen molar-refractivity contribution in [2.75, 3.05) is 6.61 Å².